The van der Waals surface area contributed by atoms with Crippen LogP contribution in [0.3, 0.4) is 0 Å². The van der Waals surface area contributed by atoms with E-state index < -0.39 is 0 Å². The summed E-state index contributed by atoms with van der Waals surface area (Å²) in [5.41, 5.74) is 1.31. The topological polar surface area (TPSA) is 28.2 Å². The van der Waals surface area contributed by atoms with Crippen molar-refractivity contribution in [3.63, 3.8) is 0 Å². The minimum atomic E-state index is 0.201. The second kappa shape index (κ2) is 7.46. The molecule has 1 aromatic heterocycles. The summed E-state index contributed by atoms with van der Waals surface area (Å²) in [5, 5.41) is 4.17. The zero-order valence-corrected chi connectivity index (χ0v) is 15.3. The first-order valence-corrected chi connectivity index (χ1v) is 8.08. The fourth-order valence-corrected chi connectivity index (χ4v) is 2.24. The van der Waals surface area contributed by atoms with E-state index in [-0.39, 0.29) is 5.41 Å². The summed E-state index contributed by atoms with van der Waals surface area (Å²) in [6.45, 7) is 15.1. The summed E-state index contributed by atoms with van der Waals surface area (Å²) in [7, 11) is 2.09. The number of anilines is 1. The number of nitrogens with one attached hydrogen (secondary N) is 1. The van der Waals surface area contributed by atoms with Gasteiger partial charge < -0.3 is 10.2 Å². The van der Waals surface area contributed by atoms with Gasteiger partial charge in [-0.3, -0.25) is 0 Å². The van der Waals surface area contributed by atoms with Crippen LogP contribution in [0.1, 0.15) is 47.1 Å². The predicted octanol–water partition coefficient (Wildman–Crippen LogP) is 4.35. The third-order valence-electron chi connectivity index (χ3n) is 3.98. The molecule has 0 spiro atoms. The molecule has 1 rings (SSSR count). The van der Waals surface area contributed by atoms with Gasteiger partial charge in [-0.1, -0.05) is 46.2 Å². The lowest BCUT2D eigenvalue weighted by Crippen LogP contribution is -2.39. The molecule has 1 N–H and O–H groups in total. The molecule has 120 valence electrons. The molecule has 3 nitrogen and oxygen atoms in total. The average molecular weight is 312 g/mol. The number of nitrogens with zero attached hydrogens (tertiary/aromatic N) is 2. The third kappa shape index (κ3) is 5.48. The maximum absolute atomic E-state index is 6.26. The van der Waals surface area contributed by atoms with E-state index in [1.807, 2.05) is 0 Å². The molecule has 0 fully saturated rings. The van der Waals surface area contributed by atoms with Crippen LogP contribution >= 0.6 is 11.6 Å². The SMILES string of the molecule is CC(C)CNCc1cc(N(C)C(C)C(C)(C)C)ncc1Cl. The number of pyridine rings is 1. The number of aromatic nitrogens is 1. The minimum Gasteiger partial charge on any atom is -0.356 e. The van der Waals surface area contributed by atoms with Crippen molar-refractivity contribution >= 4 is 17.4 Å². The molecule has 0 amide bonds. The van der Waals surface area contributed by atoms with Gasteiger partial charge in [0.05, 0.1) is 5.02 Å². The smallest absolute Gasteiger partial charge is 0.128 e. The molecular formula is C17H30ClN3. The van der Waals surface area contributed by atoms with Crippen LogP contribution in [0.4, 0.5) is 5.82 Å². The maximum Gasteiger partial charge on any atom is 0.128 e. The number of rotatable bonds is 6. The Kier molecular flexibility index (Phi) is 6.48. The number of hydrogen-bond donors (Lipinski definition) is 1. The molecule has 0 aromatic carbocycles. The molecule has 1 aromatic rings. The molecule has 0 saturated carbocycles. The normalized spacial score (nSPS) is 13.6. The van der Waals surface area contributed by atoms with Crippen LogP contribution in [0.15, 0.2) is 12.3 Å². The largest absolute Gasteiger partial charge is 0.356 e. The molecule has 0 bridgehead atoms. The molecular weight excluding hydrogens is 282 g/mol. The molecule has 4 heteroatoms. The van der Waals surface area contributed by atoms with Gasteiger partial charge in [0, 0.05) is 25.8 Å². The monoisotopic (exact) mass is 311 g/mol. The van der Waals surface area contributed by atoms with Crippen molar-refractivity contribution in [1.29, 1.82) is 0 Å². The highest BCUT2D eigenvalue weighted by Gasteiger charge is 2.25. The first-order valence-electron chi connectivity index (χ1n) is 7.71. The molecule has 0 aliphatic carbocycles. The lowest BCUT2D eigenvalue weighted by atomic mass is 9.87. The molecule has 0 saturated heterocycles. The highest BCUT2D eigenvalue weighted by molar-refractivity contribution is 6.31. The molecule has 1 heterocycles. The van der Waals surface area contributed by atoms with Crippen molar-refractivity contribution in [2.75, 3.05) is 18.5 Å². The van der Waals surface area contributed by atoms with E-state index in [1.54, 1.807) is 6.20 Å². The van der Waals surface area contributed by atoms with Gasteiger partial charge in [0.15, 0.2) is 0 Å². The van der Waals surface area contributed by atoms with Crippen LogP contribution in [-0.2, 0) is 6.54 Å². The van der Waals surface area contributed by atoms with E-state index in [0.29, 0.717) is 12.0 Å². The van der Waals surface area contributed by atoms with Crippen LogP contribution in [0.2, 0.25) is 5.02 Å². The van der Waals surface area contributed by atoms with Crippen LogP contribution in [0.25, 0.3) is 0 Å². The highest BCUT2D eigenvalue weighted by Crippen LogP contribution is 2.28. The van der Waals surface area contributed by atoms with Crippen LogP contribution in [0.5, 0.6) is 0 Å². The highest BCUT2D eigenvalue weighted by atomic mass is 35.5. The van der Waals surface area contributed by atoms with Crippen molar-refractivity contribution in [2.24, 2.45) is 11.3 Å². The van der Waals surface area contributed by atoms with Gasteiger partial charge >= 0.3 is 0 Å². The Bertz CT molecular complexity index is 452. The summed E-state index contributed by atoms with van der Waals surface area (Å²) >= 11 is 6.26. The van der Waals surface area contributed by atoms with Crippen molar-refractivity contribution < 1.29 is 0 Å². The minimum absolute atomic E-state index is 0.201. The first kappa shape index (κ1) is 18.2. The van der Waals surface area contributed by atoms with E-state index in [4.69, 9.17) is 11.6 Å². The lowest BCUT2D eigenvalue weighted by Gasteiger charge is -2.36. The maximum atomic E-state index is 6.26. The zero-order chi connectivity index (χ0) is 16.2. The Morgan fingerprint density at radius 3 is 2.43 bits per heavy atom. The van der Waals surface area contributed by atoms with Gasteiger partial charge in [-0.05, 0) is 36.4 Å². The summed E-state index contributed by atoms with van der Waals surface area (Å²) in [6.07, 6.45) is 1.76. The molecule has 21 heavy (non-hydrogen) atoms. The van der Waals surface area contributed by atoms with E-state index in [0.717, 1.165) is 29.5 Å². The van der Waals surface area contributed by atoms with E-state index in [2.05, 4.69) is 69.9 Å². The van der Waals surface area contributed by atoms with Gasteiger partial charge in [-0.2, -0.15) is 0 Å². The Balaban J connectivity index is 2.85. The van der Waals surface area contributed by atoms with Crippen LogP contribution in [-0.4, -0.2) is 24.6 Å². The zero-order valence-electron chi connectivity index (χ0n) is 14.5. The van der Waals surface area contributed by atoms with Gasteiger partial charge in [0.2, 0.25) is 0 Å². The van der Waals surface area contributed by atoms with E-state index >= 15 is 0 Å². The average Bonchev–Trinajstić information content (AvgIpc) is 2.37. The summed E-state index contributed by atoms with van der Waals surface area (Å²) in [4.78, 5) is 6.71. The van der Waals surface area contributed by atoms with Gasteiger partial charge in [-0.15, -0.1) is 0 Å². The van der Waals surface area contributed by atoms with Crippen molar-refractivity contribution in [1.82, 2.24) is 10.3 Å². The fourth-order valence-electron chi connectivity index (χ4n) is 2.07. The molecule has 0 aliphatic heterocycles. The van der Waals surface area contributed by atoms with E-state index in [1.165, 1.54) is 0 Å². The number of halogens is 1. The summed E-state index contributed by atoms with van der Waals surface area (Å²) in [5.74, 6) is 1.61. The second-order valence-electron chi connectivity index (χ2n) is 7.31. The standard InChI is InChI=1S/C17H30ClN3/c1-12(2)9-19-10-14-8-16(20-11-15(14)18)21(7)13(3)17(4,5)6/h8,11-13,19H,9-10H2,1-7H3. The first-order chi connectivity index (χ1) is 9.62. The van der Waals surface area contributed by atoms with Crippen LogP contribution < -0.4 is 10.2 Å². The third-order valence-corrected chi connectivity index (χ3v) is 4.32. The van der Waals surface area contributed by atoms with Crippen molar-refractivity contribution in [3.8, 4) is 0 Å². The Morgan fingerprint density at radius 2 is 1.90 bits per heavy atom. The van der Waals surface area contributed by atoms with Crippen LogP contribution in [0, 0.1) is 11.3 Å². The molecule has 1 unspecified atom stereocenters. The molecule has 1 atom stereocenters. The molecule has 0 radical (unpaired) electrons. The Morgan fingerprint density at radius 1 is 1.29 bits per heavy atom. The second-order valence-corrected chi connectivity index (χ2v) is 7.72. The van der Waals surface area contributed by atoms with E-state index in [9.17, 15) is 0 Å². The predicted molar refractivity (Wildman–Crippen MR) is 93.1 cm³/mol. The quantitative estimate of drug-likeness (QED) is 0.846. The van der Waals surface area contributed by atoms with Crippen molar-refractivity contribution in [3.05, 3.63) is 22.8 Å². The Labute approximate surface area is 135 Å². The van der Waals surface area contributed by atoms with Crippen molar-refractivity contribution in [2.45, 2.75) is 54.1 Å². The van der Waals surface area contributed by atoms with Gasteiger partial charge in [0.1, 0.15) is 5.82 Å². The summed E-state index contributed by atoms with van der Waals surface area (Å²) in [6, 6.07) is 2.49. The Hall–Kier alpha value is -0.800. The van der Waals surface area contributed by atoms with Gasteiger partial charge in [0.25, 0.3) is 0 Å². The number of hydrogen-bond acceptors (Lipinski definition) is 3. The molecule has 0 aliphatic rings. The summed E-state index contributed by atoms with van der Waals surface area (Å²) < 4.78 is 0. The van der Waals surface area contributed by atoms with Gasteiger partial charge in [-0.25, -0.2) is 4.98 Å². The lowest BCUT2D eigenvalue weighted by molar-refractivity contribution is 0.328. The fraction of sp³-hybridized carbons (Fsp3) is 0.706.